The third-order valence-electron chi connectivity index (χ3n) is 3.76. The van der Waals surface area contributed by atoms with Crippen LogP contribution in [0.25, 0.3) is 0 Å². The molecule has 1 aromatic carbocycles. The van der Waals surface area contributed by atoms with Crippen molar-refractivity contribution in [2.75, 3.05) is 20.2 Å². The number of ether oxygens (including phenoxy) is 1. The third kappa shape index (κ3) is 3.31. The van der Waals surface area contributed by atoms with E-state index >= 15 is 0 Å². The summed E-state index contributed by atoms with van der Waals surface area (Å²) >= 11 is 0. The Bertz CT molecular complexity index is 578. The Morgan fingerprint density at radius 1 is 1.30 bits per heavy atom. The molecule has 1 heterocycles. The predicted octanol–water partition coefficient (Wildman–Crippen LogP) is 1.42. The Kier molecular flexibility index (Phi) is 4.36. The van der Waals surface area contributed by atoms with Crippen molar-refractivity contribution in [1.29, 1.82) is 0 Å². The van der Waals surface area contributed by atoms with Crippen molar-refractivity contribution < 1.29 is 13.2 Å². The Morgan fingerprint density at radius 3 is 2.50 bits per heavy atom. The number of rotatable bonds is 4. The highest BCUT2D eigenvalue weighted by Gasteiger charge is 2.32. The molecule has 1 aliphatic rings. The molecule has 0 bridgehead atoms. The number of nitrogens with one attached hydrogen (secondary N) is 2. The van der Waals surface area contributed by atoms with Gasteiger partial charge in [-0.15, -0.1) is 0 Å². The van der Waals surface area contributed by atoms with E-state index in [4.69, 9.17) is 4.74 Å². The van der Waals surface area contributed by atoms with E-state index in [1.165, 1.54) is 0 Å². The van der Waals surface area contributed by atoms with Gasteiger partial charge in [0.25, 0.3) is 0 Å². The molecule has 0 spiro atoms. The van der Waals surface area contributed by atoms with Crippen LogP contribution < -0.4 is 14.8 Å². The molecule has 2 N–H and O–H groups in total. The second-order valence-electron chi connectivity index (χ2n) is 5.55. The Hall–Kier alpha value is -1.11. The van der Waals surface area contributed by atoms with Crippen molar-refractivity contribution in [3.8, 4) is 5.75 Å². The maximum Gasteiger partial charge on any atom is 0.241 e. The molecule has 0 unspecified atom stereocenters. The van der Waals surface area contributed by atoms with Gasteiger partial charge in [0.15, 0.2) is 0 Å². The average Bonchev–Trinajstić information content (AvgIpc) is 2.38. The molecule has 0 radical (unpaired) electrons. The lowest BCUT2D eigenvalue weighted by Crippen LogP contribution is -2.52. The van der Waals surface area contributed by atoms with Gasteiger partial charge in [0.05, 0.1) is 12.0 Å². The van der Waals surface area contributed by atoms with Crippen LogP contribution in [0.3, 0.4) is 0 Å². The van der Waals surface area contributed by atoms with Crippen LogP contribution in [0.2, 0.25) is 0 Å². The number of piperidine rings is 1. The Morgan fingerprint density at radius 2 is 1.95 bits per heavy atom. The van der Waals surface area contributed by atoms with Gasteiger partial charge >= 0.3 is 0 Å². The zero-order chi connectivity index (χ0) is 14.8. The fourth-order valence-electron chi connectivity index (χ4n) is 2.48. The summed E-state index contributed by atoms with van der Waals surface area (Å²) in [6, 6.07) is 4.92. The quantitative estimate of drug-likeness (QED) is 0.882. The van der Waals surface area contributed by atoms with E-state index in [1.54, 1.807) is 25.3 Å². The summed E-state index contributed by atoms with van der Waals surface area (Å²) in [6.45, 7) is 5.47. The number of hydrogen-bond donors (Lipinski definition) is 2. The number of methoxy groups -OCH3 is 1. The minimum atomic E-state index is -3.50. The molecule has 0 atom stereocenters. The largest absolute Gasteiger partial charge is 0.496 e. The highest BCUT2D eigenvalue weighted by atomic mass is 32.2. The van der Waals surface area contributed by atoms with E-state index in [2.05, 4.69) is 10.0 Å². The molecule has 1 aromatic rings. The lowest BCUT2D eigenvalue weighted by Gasteiger charge is -2.34. The van der Waals surface area contributed by atoms with Gasteiger partial charge in [-0.05, 0) is 63.5 Å². The van der Waals surface area contributed by atoms with E-state index in [0.717, 1.165) is 31.5 Å². The van der Waals surface area contributed by atoms with Crippen LogP contribution in [0.5, 0.6) is 5.75 Å². The second kappa shape index (κ2) is 5.71. The summed E-state index contributed by atoms with van der Waals surface area (Å²) < 4.78 is 33.0. The van der Waals surface area contributed by atoms with Crippen LogP contribution in [-0.2, 0) is 10.0 Å². The van der Waals surface area contributed by atoms with Crippen molar-refractivity contribution in [1.82, 2.24) is 10.0 Å². The van der Waals surface area contributed by atoms with Gasteiger partial charge in [-0.2, -0.15) is 0 Å². The molecule has 112 valence electrons. The summed E-state index contributed by atoms with van der Waals surface area (Å²) in [4.78, 5) is 0.288. The fourth-order valence-corrected chi connectivity index (χ4v) is 4.03. The monoisotopic (exact) mass is 298 g/mol. The van der Waals surface area contributed by atoms with Crippen LogP contribution in [0, 0.1) is 6.92 Å². The normalized spacial score (nSPS) is 18.8. The highest BCUT2D eigenvalue weighted by molar-refractivity contribution is 7.89. The Balaban J connectivity index is 2.24. The van der Waals surface area contributed by atoms with Crippen molar-refractivity contribution >= 4 is 10.0 Å². The lowest BCUT2D eigenvalue weighted by atomic mass is 9.92. The van der Waals surface area contributed by atoms with Gasteiger partial charge in [0.1, 0.15) is 5.75 Å². The zero-order valence-corrected chi connectivity index (χ0v) is 13.0. The first-order valence-electron chi connectivity index (χ1n) is 6.76. The summed E-state index contributed by atoms with van der Waals surface area (Å²) in [5.74, 6) is 0.692. The van der Waals surface area contributed by atoms with Gasteiger partial charge in [0, 0.05) is 5.54 Å². The molecule has 1 saturated heterocycles. The van der Waals surface area contributed by atoms with E-state index in [1.807, 2.05) is 13.8 Å². The van der Waals surface area contributed by atoms with Crippen molar-refractivity contribution in [3.05, 3.63) is 23.8 Å². The average molecular weight is 298 g/mol. The first-order chi connectivity index (χ1) is 9.36. The van der Waals surface area contributed by atoms with Crippen LogP contribution in [0.1, 0.15) is 25.3 Å². The zero-order valence-electron chi connectivity index (χ0n) is 12.2. The molecule has 20 heavy (non-hydrogen) atoms. The van der Waals surface area contributed by atoms with Crippen LogP contribution in [0.15, 0.2) is 23.1 Å². The standard InChI is InChI=1S/C14H22N2O3S/c1-11-10-12(4-5-13(11)19-3)20(17,18)16-14(2)6-8-15-9-7-14/h4-5,10,15-16H,6-9H2,1-3H3. The fraction of sp³-hybridized carbons (Fsp3) is 0.571. The van der Waals surface area contributed by atoms with E-state index in [-0.39, 0.29) is 10.4 Å². The maximum absolute atomic E-state index is 12.5. The molecule has 6 heteroatoms. The van der Waals surface area contributed by atoms with E-state index in [0.29, 0.717) is 5.75 Å². The SMILES string of the molecule is COc1ccc(S(=O)(=O)NC2(C)CCNCC2)cc1C. The predicted molar refractivity (Wildman–Crippen MR) is 78.6 cm³/mol. The van der Waals surface area contributed by atoms with Crippen LogP contribution in [0.4, 0.5) is 0 Å². The van der Waals surface area contributed by atoms with Gasteiger partial charge in [-0.25, -0.2) is 13.1 Å². The van der Waals surface area contributed by atoms with Crippen LogP contribution >= 0.6 is 0 Å². The summed E-state index contributed by atoms with van der Waals surface area (Å²) in [5, 5.41) is 3.24. The molecule has 2 rings (SSSR count). The number of aryl methyl sites for hydroxylation is 1. The Labute approximate surface area is 120 Å². The van der Waals surface area contributed by atoms with E-state index in [9.17, 15) is 8.42 Å². The third-order valence-corrected chi connectivity index (χ3v) is 5.40. The molecule has 0 saturated carbocycles. The van der Waals surface area contributed by atoms with Crippen molar-refractivity contribution in [2.24, 2.45) is 0 Å². The number of sulfonamides is 1. The molecular weight excluding hydrogens is 276 g/mol. The van der Waals surface area contributed by atoms with Crippen LogP contribution in [-0.4, -0.2) is 34.2 Å². The summed E-state index contributed by atoms with van der Waals surface area (Å²) in [5.41, 5.74) is 0.434. The molecule has 0 amide bonds. The van der Waals surface area contributed by atoms with Gasteiger partial charge in [0.2, 0.25) is 10.0 Å². The second-order valence-corrected chi connectivity index (χ2v) is 7.23. The first-order valence-corrected chi connectivity index (χ1v) is 8.24. The van der Waals surface area contributed by atoms with Gasteiger partial charge < -0.3 is 10.1 Å². The van der Waals surface area contributed by atoms with Crippen molar-refractivity contribution in [3.63, 3.8) is 0 Å². The number of hydrogen-bond acceptors (Lipinski definition) is 4. The first kappa shape index (κ1) is 15.3. The minimum Gasteiger partial charge on any atom is -0.496 e. The van der Waals surface area contributed by atoms with E-state index < -0.39 is 10.0 Å². The highest BCUT2D eigenvalue weighted by Crippen LogP contribution is 2.24. The maximum atomic E-state index is 12.5. The molecule has 5 nitrogen and oxygen atoms in total. The molecule has 1 aliphatic heterocycles. The topological polar surface area (TPSA) is 67.4 Å². The molecule has 0 aromatic heterocycles. The van der Waals surface area contributed by atoms with Gasteiger partial charge in [-0.1, -0.05) is 0 Å². The molecule has 0 aliphatic carbocycles. The summed E-state index contributed by atoms with van der Waals surface area (Å²) in [7, 11) is -1.92. The molecule has 1 fully saturated rings. The number of benzene rings is 1. The van der Waals surface area contributed by atoms with Gasteiger partial charge in [-0.3, -0.25) is 0 Å². The lowest BCUT2D eigenvalue weighted by molar-refractivity contribution is 0.308. The smallest absolute Gasteiger partial charge is 0.241 e. The van der Waals surface area contributed by atoms with Crippen molar-refractivity contribution in [2.45, 2.75) is 37.1 Å². The summed E-state index contributed by atoms with van der Waals surface area (Å²) in [6.07, 6.45) is 1.59. The minimum absolute atomic E-state index is 0.288. The molecular formula is C14H22N2O3S.